The topological polar surface area (TPSA) is 58.3 Å². The Kier molecular flexibility index (Phi) is 1.44. The summed E-state index contributed by atoms with van der Waals surface area (Å²) in [4.78, 5) is 0. The Hall–Kier alpha value is -0.120. The zero-order valence-electron chi connectivity index (χ0n) is 5.96. The average molecular weight is 142 g/mol. The van der Waals surface area contributed by atoms with Crippen molar-refractivity contribution < 1.29 is 5.11 Å². The second-order valence-corrected chi connectivity index (χ2v) is 3.41. The van der Waals surface area contributed by atoms with Gasteiger partial charge in [0.05, 0.1) is 6.61 Å². The predicted molar refractivity (Wildman–Crippen MR) is 38.4 cm³/mol. The van der Waals surface area contributed by atoms with Gasteiger partial charge in [-0.2, -0.15) is 0 Å². The van der Waals surface area contributed by atoms with Crippen molar-refractivity contribution in [2.45, 2.75) is 6.04 Å². The highest BCUT2D eigenvalue weighted by Gasteiger charge is 2.54. The van der Waals surface area contributed by atoms with Crippen LogP contribution in [-0.4, -0.2) is 30.8 Å². The Labute approximate surface area is 60.6 Å². The minimum absolute atomic E-state index is 0.0390. The number of hydrogen-bond donors (Lipinski definition) is 3. The molecule has 1 heterocycles. The highest BCUT2D eigenvalue weighted by molar-refractivity contribution is 5.07. The summed E-state index contributed by atoms with van der Waals surface area (Å²) in [5.41, 5.74) is 5.69. The third-order valence-corrected chi connectivity index (χ3v) is 2.86. The summed E-state index contributed by atoms with van der Waals surface area (Å²) in [6.07, 6.45) is 0. The third-order valence-electron chi connectivity index (χ3n) is 2.86. The number of hydrogen-bond acceptors (Lipinski definition) is 3. The normalized spacial score (nSPS) is 46.8. The first-order valence-electron chi connectivity index (χ1n) is 3.91. The Morgan fingerprint density at radius 3 is 2.60 bits per heavy atom. The summed E-state index contributed by atoms with van der Waals surface area (Å²) >= 11 is 0. The van der Waals surface area contributed by atoms with E-state index in [-0.39, 0.29) is 12.6 Å². The van der Waals surface area contributed by atoms with Gasteiger partial charge in [-0.1, -0.05) is 0 Å². The van der Waals surface area contributed by atoms with Gasteiger partial charge in [0, 0.05) is 6.04 Å². The van der Waals surface area contributed by atoms with Crippen molar-refractivity contribution in [3.05, 3.63) is 0 Å². The summed E-state index contributed by atoms with van der Waals surface area (Å²) in [5.74, 6) is 2.18. The second-order valence-electron chi connectivity index (χ2n) is 3.41. The molecule has 0 bridgehead atoms. The van der Waals surface area contributed by atoms with Crippen molar-refractivity contribution in [2.75, 3.05) is 19.7 Å². The molecule has 1 saturated heterocycles. The molecule has 3 atom stereocenters. The maximum absolute atomic E-state index is 8.75. The van der Waals surface area contributed by atoms with E-state index in [4.69, 9.17) is 10.8 Å². The molecule has 58 valence electrons. The highest BCUT2D eigenvalue weighted by Crippen LogP contribution is 2.49. The van der Waals surface area contributed by atoms with E-state index in [9.17, 15) is 0 Å². The first kappa shape index (κ1) is 6.58. The first-order chi connectivity index (χ1) is 4.84. The van der Waals surface area contributed by atoms with Crippen LogP contribution in [0.25, 0.3) is 0 Å². The molecule has 2 rings (SSSR count). The van der Waals surface area contributed by atoms with Crippen LogP contribution in [0.15, 0.2) is 0 Å². The van der Waals surface area contributed by atoms with Crippen LogP contribution < -0.4 is 11.1 Å². The molecule has 0 amide bonds. The zero-order chi connectivity index (χ0) is 7.14. The monoisotopic (exact) mass is 142 g/mol. The summed E-state index contributed by atoms with van der Waals surface area (Å²) in [7, 11) is 0. The second kappa shape index (κ2) is 2.19. The number of piperidine rings is 1. The minimum Gasteiger partial charge on any atom is -0.395 e. The maximum atomic E-state index is 8.75. The van der Waals surface area contributed by atoms with Crippen LogP contribution in [0.4, 0.5) is 0 Å². The van der Waals surface area contributed by atoms with Gasteiger partial charge in [0.15, 0.2) is 0 Å². The molecule has 4 N–H and O–H groups in total. The van der Waals surface area contributed by atoms with Crippen LogP contribution in [0.1, 0.15) is 0 Å². The van der Waals surface area contributed by atoms with E-state index >= 15 is 0 Å². The van der Waals surface area contributed by atoms with Gasteiger partial charge < -0.3 is 16.2 Å². The molecule has 0 aromatic rings. The zero-order valence-corrected chi connectivity index (χ0v) is 5.96. The lowest BCUT2D eigenvalue weighted by molar-refractivity contribution is 0.244. The molecule has 2 fully saturated rings. The molecule has 3 unspecified atom stereocenters. The number of fused-ring (bicyclic) bond motifs is 1. The lowest BCUT2D eigenvalue weighted by Crippen LogP contribution is -2.31. The van der Waals surface area contributed by atoms with Crippen LogP contribution in [0, 0.1) is 17.8 Å². The molecule has 3 heteroatoms. The van der Waals surface area contributed by atoms with Gasteiger partial charge in [0.1, 0.15) is 0 Å². The van der Waals surface area contributed by atoms with E-state index in [1.165, 1.54) is 0 Å². The minimum atomic E-state index is 0.0390. The van der Waals surface area contributed by atoms with Gasteiger partial charge in [0.2, 0.25) is 0 Å². The molecule has 3 nitrogen and oxygen atoms in total. The van der Waals surface area contributed by atoms with Crippen molar-refractivity contribution in [1.82, 2.24) is 5.32 Å². The SMILES string of the molecule is NC(CO)C1C2CNCC21. The Morgan fingerprint density at radius 2 is 2.10 bits per heavy atom. The predicted octanol–water partition coefficient (Wildman–Crippen LogP) is -1.23. The van der Waals surface area contributed by atoms with Crippen molar-refractivity contribution in [1.29, 1.82) is 0 Å². The fraction of sp³-hybridized carbons (Fsp3) is 1.00. The molecule has 10 heavy (non-hydrogen) atoms. The summed E-state index contributed by atoms with van der Waals surface area (Å²) in [6, 6.07) is 0.0390. The standard InChI is InChI=1S/C7H14N2O/c8-6(3-10)7-4-1-9-2-5(4)7/h4-7,9-10H,1-3,8H2. The van der Waals surface area contributed by atoms with Crippen LogP contribution in [0.5, 0.6) is 0 Å². The van der Waals surface area contributed by atoms with E-state index < -0.39 is 0 Å². The molecule has 0 aromatic carbocycles. The smallest absolute Gasteiger partial charge is 0.0585 e. The summed E-state index contributed by atoms with van der Waals surface area (Å²) in [5, 5.41) is 12.0. The van der Waals surface area contributed by atoms with Gasteiger partial charge in [-0.05, 0) is 30.8 Å². The van der Waals surface area contributed by atoms with Crippen molar-refractivity contribution in [3.63, 3.8) is 0 Å². The van der Waals surface area contributed by atoms with Crippen LogP contribution >= 0.6 is 0 Å². The Balaban J connectivity index is 1.88. The van der Waals surface area contributed by atoms with Crippen molar-refractivity contribution in [2.24, 2.45) is 23.5 Å². The number of aliphatic hydroxyl groups is 1. The van der Waals surface area contributed by atoms with Crippen LogP contribution in [0.2, 0.25) is 0 Å². The van der Waals surface area contributed by atoms with Crippen LogP contribution in [-0.2, 0) is 0 Å². The number of rotatable bonds is 2. The van der Waals surface area contributed by atoms with Gasteiger partial charge in [-0.3, -0.25) is 0 Å². The largest absolute Gasteiger partial charge is 0.395 e. The molecule has 1 saturated carbocycles. The quantitative estimate of drug-likeness (QED) is 0.452. The van der Waals surface area contributed by atoms with E-state index in [0.717, 1.165) is 24.9 Å². The molecule has 1 aliphatic carbocycles. The molecule has 0 radical (unpaired) electrons. The summed E-state index contributed by atoms with van der Waals surface area (Å²) in [6.45, 7) is 2.38. The number of nitrogens with one attached hydrogen (secondary N) is 1. The van der Waals surface area contributed by atoms with Gasteiger partial charge in [-0.15, -0.1) is 0 Å². The molecule has 2 aliphatic rings. The Bertz CT molecular complexity index is 127. The highest BCUT2D eigenvalue weighted by atomic mass is 16.3. The maximum Gasteiger partial charge on any atom is 0.0585 e. The van der Waals surface area contributed by atoms with Crippen molar-refractivity contribution in [3.8, 4) is 0 Å². The number of nitrogens with two attached hydrogens (primary N) is 1. The molecular formula is C7H14N2O. The van der Waals surface area contributed by atoms with Gasteiger partial charge in [0.25, 0.3) is 0 Å². The first-order valence-corrected chi connectivity index (χ1v) is 3.91. The third kappa shape index (κ3) is 0.779. The van der Waals surface area contributed by atoms with Crippen LogP contribution in [0.3, 0.4) is 0 Å². The van der Waals surface area contributed by atoms with Gasteiger partial charge >= 0.3 is 0 Å². The fourth-order valence-electron chi connectivity index (χ4n) is 2.22. The van der Waals surface area contributed by atoms with E-state index in [0.29, 0.717) is 5.92 Å². The van der Waals surface area contributed by atoms with E-state index in [2.05, 4.69) is 5.32 Å². The van der Waals surface area contributed by atoms with E-state index in [1.807, 2.05) is 0 Å². The average Bonchev–Trinajstić information content (AvgIpc) is 2.43. The fourth-order valence-corrected chi connectivity index (χ4v) is 2.22. The Morgan fingerprint density at radius 1 is 1.50 bits per heavy atom. The molecule has 0 aromatic heterocycles. The number of aliphatic hydroxyl groups excluding tert-OH is 1. The summed E-state index contributed by atoms with van der Waals surface area (Å²) < 4.78 is 0. The molecule has 0 spiro atoms. The lowest BCUT2D eigenvalue weighted by Gasteiger charge is -2.09. The lowest BCUT2D eigenvalue weighted by atomic mass is 10.1. The molecular weight excluding hydrogens is 128 g/mol. The van der Waals surface area contributed by atoms with Crippen molar-refractivity contribution >= 4 is 0 Å². The molecule has 1 aliphatic heterocycles. The van der Waals surface area contributed by atoms with Gasteiger partial charge in [-0.25, -0.2) is 0 Å². The van der Waals surface area contributed by atoms with E-state index in [1.54, 1.807) is 0 Å².